The minimum atomic E-state index is -0.222. The summed E-state index contributed by atoms with van der Waals surface area (Å²) in [5.41, 5.74) is 0.290. The molecular formula is C13H17Cl2N3O. The molecule has 0 aromatic carbocycles. The first kappa shape index (κ1) is 14.5. The van der Waals surface area contributed by atoms with Crippen LogP contribution in [0.1, 0.15) is 49.4 Å². The number of hydrogen-bond donors (Lipinski definition) is 1. The van der Waals surface area contributed by atoms with Crippen LogP contribution in [0.3, 0.4) is 0 Å². The summed E-state index contributed by atoms with van der Waals surface area (Å²) in [5, 5.41) is 10.6. The summed E-state index contributed by atoms with van der Waals surface area (Å²) in [4.78, 5) is 12.2. The maximum atomic E-state index is 12.2. The van der Waals surface area contributed by atoms with Gasteiger partial charge in [-0.2, -0.15) is 0 Å². The Kier molecular flexibility index (Phi) is 4.99. The first-order chi connectivity index (χ1) is 9.08. The van der Waals surface area contributed by atoms with Gasteiger partial charge in [0.15, 0.2) is 10.3 Å². The molecule has 6 heteroatoms. The number of aromatic nitrogens is 2. The molecule has 2 unspecified atom stereocenters. The lowest BCUT2D eigenvalue weighted by Gasteiger charge is -2.22. The fourth-order valence-corrected chi connectivity index (χ4v) is 2.79. The summed E-state index contributed by atoms with van der Waals surface area (Å²) in [6.07, 6.45) is 5.78. The van der Waals surface area contributed by atoms with Crippen molar-refractivity contribution in [1.29, 1.82) is 0 Å². The molecule has 4 nitrogen and oxygen atoms in total. The van der Waals surface area contributed by atoms with E-state index in [1.807, 2.05) is 0 Å². The van der Waals surface area contributed by atoms with Crippen molar-refractivity contribution in [2.24, 2.45) is 5.92 Å². The second-order valence-corrected chi connectivity index (χ2v) is 5.81. The van der Waals surface area contributed by atoms with E-state index in [0.717, 1.165) is 19.3 Å². The lowest BCUT2D eigenvalue weighted by Crippen LogP contribution is -2.39. The Bertz CT molecular complexity index is 467. The second kappa shape index (κ2) is 6.53. The Hall–Kier alpha value is -0.870. The van der Waals surface area contributed by atoms with Crippen molar-refractivity contribution < 1.29 is 4.79 Å². The Balaban J connectivity index is 2.09. The van der Waals surface area contributed by atoms with Gasteiger partial charge >= 0.3 is 0 Å². The number of nitrogens with zero attached hydrogens (tertiary/aromatic N) is 2. The zero-order valence-electron chi connectivity index (χ0n) is 10.8. The van der Waals surface area contributed by atoms with Crippen LogP contribution in [0.2, 0.25) is 10.3 Å². The molecule has 0 bridgehead atoms. The average Bonchev–Trinajstić information content (AvgIpc) is 2.58. The molecule has 1 aromatic heterocycles. The Morgan fingerprint density at radius 2 is 2.00 bits per heavy atom. The summed E-state index contributed by atoms with van der Waals surface area (Å²) in [6.45, 7) is 2.18. The molecule has 0 radical (unpaired) electrons. The monoisotopic (exact) mass is 301 g/mol. The lowest BCUT2D eigenvalue weighted by atomic mass is 9.97. The average molecular weight is 302 g/mol. The highest BCUT2D eigenvalue weighted by Gasteiger charge is 2.23. The summed E-state index contributed by atoms with van der Waals surface area (Å²) >= 11 is 11.6. The molecule has 0 spiro atoms. The van der Waals surface area contributed by atoms with Crippen LogP contribution in [-0.4, -0.2) is 22.1 Å². The molecule has 19 heavy (non-hydrogen) atoms. The van der Waals surface area contributed by atoms with E-state index in [1.54, 1.807) is 0 Å². The molecule has 0 aliphatic heterocycles. The van der Waals surface area contributed by atoms with Crippen LogP contribution in [0.25, 0.3) is 0 Å². The number of carbonyl (C=O) groups is 1. The van der Waals surface area contributed by atoms with Gasteiger partial charge in [0.2, 0.25) is 0 Å². The van der Waals surface area contributed by atoms with Crippen LogP contribution in [0.15, 0.2) is 6.07 Å². The number of hydrogen-bond acceptors (Lipinski definition) is 3. The zero-order chi connectivity index (χ0) is 13.8. The van der Waals surface area contributed by atoms with E-state index < -0.39 is 0 Å². The summed E-state index contributed by atoms with van der Waals surface area (Å²) in [5.74, 6) is 0.260. The topological polar surface area (TPSA) is 54.9 Å². The molecule has 1 aromatic rings. The van der Waals surface area contributed by atoms with E-state index in [-0.39, 0.29) is 27.8 Å². The van der Waals surface area contributed by atoms with Crippen LogP contribution >= 0.6 is 23.2 Å². The van der Waals surface area contributed by atoms with Crippen LogP contribution in [0.4, 0.5) is 0 Å². The first-order valence-electron chi connectivity index (χ1n) is 6.57. The molecule has 1 saturated carbocycles. The number of amides is 1. The summed E-state index contributed by atoms with van der Waals surface area (Å²) < 4.78 is 0. The predicted molar refractivity (Wildman–Crippen MR) is 75.6 cm³/mol. The van der Waals surface area contributed by atoms with Crippen LogP contribution in [0, 0.1) is 5.92 Å². The van der Waals surface area contributed by atoms with Gasteiger partial charge in [-0.3, -0.25) is 4.79 Å². The van der Waals surface area contributed by atoms with Crippen molar-refractivity contribution in [1.82, 2.24) is 15.5 Å². The maximum absolute atomic E-state index is 12.2. The quantitative estimate of drug-likeness (QED) is 0.851. The minimum Gasteiger partial charge on any atom is -0.349 e. The third kappa shape index (κ3) is 3.80. The van der Waals surface area contributed by atoms with Gasteiger partial charge in [-0.25, -0.2) is 0 Å². The third-order valence-corrected chi connectivity index (χ3v) is 4.11. The van der Waals surface area contributed by atoms with Gasteiger partial charge in [0.25, 0.3) is 5.91 Å². The minimum absolute atomic E-state index is 0.0863. The fourth-order valence-electron chi connectivity index (χ4n) is 2.47. The molecule has 104 valence electrons. The van der Waals surface area contributed by atoms with E-state index >= 15 is 0 Å². The van der Waals surface area contributed by atoms with Gasteiger partial charge < -0.3 is 5.32 Å². The van der Waals surface area contributed by atoms with Gasteiger partial charge in [-0.1, -0.05) is 49.4 Å². The molecule has 1 fully saturated rings. The number of rotatable bonds is 2. The normalized spacial score (nSPS) is 23.7. The van der Waals surface area contributed by atoms with Crippen molar-refractivity contribution in [3.63, 3.8) is 0 Å². The number of halogens is 2. The Labute approximate surface area is 122 Å². The van der Waals surface area contributed by atoms with Crippen LogP contribution in [-0.2, 0) is 0 Å². The number of nitrogens with one attached hydrogen (secondary N) is 1. The van der Waals surface area contributed by atoms with Crippen molar-refractivity contribution in [2.45, 2.75) is 45.1 Å². The Morgan fingerprint density at radius 1 is 1.26 bits per heavy atom. The Morgan fingerprint density at radius 3 is 2.79 bits per heavy atom. The van der Waals surface area contributed by atoms with Crippen molar-refractivity contribution >= 4 is 29.1 Å². The van der Waals surface area contributed by atoms with Crippen molar-refractivity contribution in [3.8, 4) is 0 Å². The van der Waals surface area contributed by atoms with Gasteiger partial charge in [-0.05, 0) is 24.8 Å². The molecule has 1 aliphatic carbocycles. The lowest BCUT2D eigenvalue weighted by molar-refractivity contribution is 0.0921. The highest BCUT2D eigenvalue weighted by molar-refractivity contribution is 6.34. The first-order valence-corrected chi connectivity index (χ1v) is 7.33. The molecule has 1 aliphatic rings. The van der Waals surface area contributed by atoms with Gasteiger partial charge in [0.1, 0.15) is 0 Å². The largest absolute Gasteiger partial charge is 0.349 e. The molecule has 2 atom stereocenters. The van der Waals surface area contributed by atoms with Gasteiger partial charge in [0, 0.05) is 6.04 Å². The SMILES string of the molecule is CC1CCCCCC1NC(=O)c1cc(Cl)nnc1Cl. The highest BCUT2D eigenvalue weighted by Crippen LogP contribution is 2.24. The van der Waals surface area contributed by atoms with E-state index in [9.17, 15) is 4.79 Å². The summed E-state index contributed by atoms with van der Waals surface area (Å²) in [6, 6.07) is 1.64. The predicted octanol–water partition coefficient (Wildman–Crippen LogP) is 3.48. The molecule has 1 heterocycles. The van der Waals surface area contributed by atoms with Gasteiger partial charge in [0.05, 0.1) is 5.56 Å². The molecule has 1 amide bonds. The van der Waals surface area contributed by atoms with Crippen molar-refractivity contribution in [3.05, 3.63) is 21.9 Å². The van der Waals surface area contributed by atoms with Crippen LogP contribution in [0.5, 0.6) is 0 Å². The molecule has 2 rings (SSSR count). The summed E-state index contributed by atoms with van der Waals surface area (Å²) in [7, 11) is 0. The van der Waals surface area contributed by atoms with E-state index in [4.69, 9.17) is 23.2 Å². The fraction of sp³-hybridized carbons (Fsp3) is 0.615. The highest BCUT2D eigenvalue weighted by atomic mass is 35.5. The number of carbonyl (C=O) groups excluding carboxylic acids is 1. The van der Waals surface area contributed by atoms with E-state index in [0.29, 0.717) is 5.92 Å². The van der Waals surface area contributed by atoms with Gasteiger partial charge in [-0.15, -0.1) is 10.2 Å². The second-order valence-electron chi connectivity index (χ2n) is 5.07. The third-order valence-electron chi connectivity index (χ3n) is 3.64. The van der Waals surface area contributed by atoms with E-state index in [2.05, 4.69) is 22.4 Å². The molecule has 1 N–H and O–H groups in total. The maximum Gasteiger partial charge on any atom is 0.254 e. The molecule has 0 saturated heterocycles. The van der Waals surface area contributed by atoms with E-state index in [1.165, 1.54) is 18.9 Å². The van der Waals surface area contributed by atoms with Crippen molar-refractivity contribution in [2.75, 3.05) is 0 Å². The standard InChI is InChI=1S/C13H17Cl2N3O/c1-8-5-3-2-4-6-10(8)16-13(19)9-7-11(14)17-18-12(9)15/h7-8,10H,2-6H2,1H3,(H,16,19). The van der Waals surface area contributed by atoms with Crippen LogP contribution < -0.4 is 5.32 Å². The zero-order valence-corrected chi connectivity index (χ0v) is 12.3. The molecular weight excluding hydrogens is 285 g/mol. The smallest absolute Gasteiger partial charge is 0.254 e.